The molecule has 1 aromatic rings. The lowest BCUT2D eigenvalue weighted by Gasteiger charge is -1.98. The van der Waals surface area contributed by atoms with Gasteiger partial charge in [0.05, 0.1) is 6.61 Å². The van der Waals surface area contributed by atoms with Gasteiger partial charge in [-0.3, -0.25) is 0 Å². The molecule has 1 N–H and O–H groups in total. The molecule has 3 rings (SSSR count). The van der Waals surface area contributed by atoms with Crippen LogP contribution in [0.25, 0.3) is 0 Å². The third-order valence-electron chi connectivity index (χ3n) is 3.22. The highest BCUT2D eigenvalue weighted by Gasteiger charge is 2.46. The predicted octanol–water partition coefficient (Wildman–Crippen LogP) is 1.85. The zero-order chi connectivity index (χ0) is 9.71. The number of fused-ring (bicyclic) bond motifs is 3. The van der Waals surface area contributed by atoms with Crippen molar-refractivity contribution >= 4 is 5.97 Å². The van der Waals surface area contributed by atoms with Crippen LogP contribution in [0.1, 0.15) is 41.0 Å². The maximum atomic E-state index is 11.4. The van der Waals surface area contributed by atoms with Crippen LogP contribution in [0.3, 0.4) is 0 Å². The van der Waals surface area contributed by atoms with Gasteiger partial charge < -0.3 is 9.72 Å². The molecule has 14 heavy (non-hydrogen) atoms. The van der Waals surface area contributed by atoms with Crippen molar-refractivity contribution in [2.24, 2.45) is 5.92 Å². The van der Waals surface area contributed by atoms with E-state index in [4.69, 9.17) is 4.74 Å². The van der Waals surface area contributed by atoms with Crippen LogP contribution in [-0.4, -0.2) is 17.6 Å². The lowest BCUT2D eigenvalue weighted by atomic mass is 10.2. The van der Waals surface area contributed by atoms with Gasteiger partial charge in [-0.05, 0) is 43.2 Å². The Morgan fingerprint density at radius 3 is 3.29 bits per heavy atom. The van der Waals surface area contributed by atoms with Gasteiger partial charge in [-0.25, -0.2) is 4.79 Å². The van der Waals surface area contributed by atoms with Crippen LogP contribution < -0.4 is 0 Å². The van der Waals surface area contributed by atoms with E-state index in [-0.39, 0.29) is 5.97 Å². The van der Waals surface area contributed by atoms with Crippen LogP contribution in [0.4, 0.5) is 0 Å². The highest BCUT2D eigenvalue weighted by molar-refractivity contribution is 5.88. The minimum absolute atomic E-state index is 0.223. The number of H-pyrrole nitrogens is 1. The van der Waals surface area contributed by atoms with Crippen LogP contribution in [0.15, 0.2) is 6.07 Å². The molecule has 74 valence electrons. The minimum Gasteiger partial charge on any atom is -0.461 e. The fourth-order valence-electron chi connectivity index (χ4n) is 2.45. The zero-order valence-electron chi connectivity index (χ0n) is 8.17. The summed E-state index contributed by atoms with van der Waals surface area (Å²) in [6.45, 7) is 2.26. The molecular formula is C11H13NO2. The van der Waals surface area contributed by atoms with E-state index in [2.05, 4.69) is 4.98 Å². The van der Waals surface area contributed by atoms with E-state index in [1.807, 2.05) is 13.0 Å². The van der Waals surface area contributed by atoms with Crippen molar-refractivity contribution < 1.29 is 9.53 Å². The Kier molecular flexibility index (Phi) is 1.52. The number of nitrogens with one attached hydrogen (secondary N) is 1. The fraction of sp³-hybridized carbons (Fsp3) is 0.545. The third kappa shape index (κ3) is 1.01. The summed E-state index contributed by atoms with van der Waals surface area (Å²) in [5.41, 5.74) is 3.24. The Labute approximate surface area is 82.5 Å². The second kappa shape index (κ2) is 2.62. The van der Waals surface area contributed by atoms with Crippen LogP contribution in [0, 0.1) is 5.92 Å². The molecule has 1 aromatic heterocycles. The number of esters is 1. The topological polar surface area (TPSA) is 42.1 Å². The Balaban J connectivity index is 1.87. The Bertz CT molecular complexity index is 394. The second-order valence-electron chi connectivity index (χ2n) is 4.14. The van der Waals surface area contributed by atoms with Crippen LogP contribution >= 0.6 is 0 Å². The molecule has 1 unspecified atom stereocenters. The molecule has 0 amide bonds. The average Bonchev–Trinajstić information content (AvgIpc) is 2.67. The molecule has 1 saturated carbocycles. The van der Waals surface area contributed by atoms with Gasteiger partial charge in [0, 0.05) is 5.69 Å². The number of aromatic nitrogens is 1. The standard InChI is InChI=1S/C11H13NO2/c1-2-14-11(13)10-5-8-7-3-6(7)4-9(8)12-10/h5-7,12H,2-4H2,1H3/t6-,7?/m0/s1. The maximum Gasteiger partial charge on any atom is 0.354 e. The molecule has 0 radical (unpaired) electrons. The number of rotatable bonds is 2. The molecule has 0 saturated heterocycles. The van der Waals surface area contributed by atoms with Gasteiger partial charge in [-0.15, -0.1) is 0 Å². The molecule has 0 bridgehead atoms. The first kappa shape index (κ1) is 8.09. The predicted molar refractivity (Wildman–Crippen MR) is 51.3 cm³/mol. The van der Waals surface area contributed by atoms with Crippen molar-refractivity contribution in [3.05, 3.63) is 23.0 Å². The van der Waals surface area contributed by atoms with Crippen molar-refractivity contribution in [3.8, 4) is 0 Å². The van der Waals surface area contributed by atoms with Crippen molar-refractivity contribution in [2.75, 3.05) is 6.61 Å². The van der Waals surface area contributed by atoms with Crippen molar-refractivity contribution in [2.45, 2.75) is 25.7 Å². The molecule has 0 aliphatic heterocycles. The summed E-state index contributed by atoms with van der Waals surface area (Å²) in [4.78, 5) is 14.6. The molecule has 2 aliphatic rings. The lowest BCUT2D eigenvalue weighted by molar-refractivity contribution is 0.0520. The summed E-state index contributed by atoms with van der Waals surface area (Å²) in [6, 6.07) is 1.98. The highest BCUT2D eigenvalue weighted by Crippen LogP contribution is 2.56. The molecule has 3 heteroatoms. The Morgan fingerprint density at radius 2 is 2.57 bits per heavy atom. The van der Waals surface area contributed by atoms with E-state index in [1.165, 1.54) is 17.7 Å². The van der Waals surface area contributed by atoms with Crippen molar-refractivity contribution in [1.29, 1.82) is 0 Å². The summed E-state index contributed by atoms with van der Waals surface area (Å²) >= 11 is 0. The summed E-state index contributed by atoms with van der Waals surface area (Å²) < 4.78 is 4.94. The van der Waals surface area contributed by atoms with Crippen molar-refractivity contribution in [3.63, 3.8) is 0 Å². The molecule has 1 fully saturated rings. The summed E-state index contributed by atoms with van der Waals surface area (Å²) in [5.74, 6) is 1.39. The van der Waals surface area contributed by atoms with Gasteiger partial charge in [0.15, 0.2) is 0 Å². The van der Waals surface area contributed by atoms with E-state index in [0.717, 1.165) is 18.3 Å². The number of hydrogen-bond donors (Lipinski definition) is 1. The fourth-order valence-corrected chi connectivity index (χ4v) is 2.45. The molecule has 0 aromatic carbocycles. The van der Waals surface area contributed by atoms with Gasteiger partial charge in [0.2, 0.25) is 0 Å². The number of hydrogen-bond acceptors (Lipinski definition) is 2. The number of carbonyl (C=O) groups is 1. The van der Waals surface area contributed by atoms with Gasteiger partial charge in [0.1, 0.15) is 5.69 Å². The minimum atomic E-state index is -0.223. The Hall–Kier alpha value is -1.25. The van der Waals surface area contributed by atoms with Crippen molar-refractivity contribution in [1.82, 2.24) is 4.98 Å². The molecule has 3 nitrogen and oxygen atoms in total. The van der Waals surface area contributed by atoms with Gasteiger partial charge >= 0.3 is 5.97 Å². The first-order valence-corrected chi connectivity index (χ1v) is 5.18. The van der Waals surface area contributed by atoms with Gasteiger partial charge in [-0.1, -0.05) is 0 Å². The number of aromatic amines is 1. The van der Waals surface area contributed by atoms with Crippen LogP contribution in [0.2, 0.25) is 0 Å². The average molecular weight is 191 g/mol. The quantitative estimate of drug-likeness (QED) is 0.725. The van der Waals surface area contributed by atoms with Gasteiger partial charge in [0.25, 0.3) is 0 Å². The summed E-state index contributed by atoms with van der Waals surface area (Å²) in [6.07, 6.45) is 2.44. The smallest absolute Gasteiger partial charge is 0.354 e. The van der Waals surface area contributed by atoms with E-state index in [9.17, 15) is 4.79 Å². The monoisotopic (exact) mass is 191 g/mol. The normalized spacial score (nSPS) is 26.9. The summed E-state index contributed by atoms with van der Waals surface area (Å²) in [5, 5.41) is 0. The highest BCUT2D eigenvalue weighted by atomic mass is 16.5. The SMILES string of the molecule is CCOC(=O)c1cc2c([nH]1)C[C@@H]1CC21. The summed E-state index contributed by atoms with van der Waals surface area (Å²) in [7, 11) is 0. The molecule has 2 atom stereocenters. The maximum absolute atomic E-state index is 11.4. The van der Waals surface area contributed by atoms with Gasteiger partial charge in [-0.2, -0.15) is 0 Å². The lowest BCUT2D eigenvalue weighted by Crippen LogP contribution is -2.05. The first-order valence-electron chi connectivity index (χ1n) is 5.18. The first-order chi connectivity index (χ1) is 6.79. The van der Waals surface area contributed by atoms with E-state index in [0.29, 0.717) is 12.3 Å². The number of ether oxygens (including phenoxy) is 1. The Morgan fingerprint density at radius 1 is 1.71 bits per heavy atom. The van der Waals surface area contributed by atoms with Crippen LogP contribution in [-0.2, 0) is 11.2 Å². The number of carbonyl (C=O) groups excluding carboxylic acids is 1. The van der Waals surface area contributed by atoms with E-state index in [1.54, 1.807) is 0 Å². The molecule has 0 spiro atoms. The molecule has 2 aliphatic carbocycles. The van der Waals surface area contributed by atoms with Crippen LogP contribution in [0.5, 0.6) is 0 Å². The zero-order valence-corrected chi connectivity index (χ0v) is 8.17. The second-order valence-corrected chi connectivity index (χ2v) is 4.14. The van der Waals surface area contributed by atoms with E-state index < -0.39 is 0 Å². The largest absolute Gasteiger partial charge is 0.461 e. The van der Waals surface area contributed by atoms with E-state index >= 15 is 0 Å². The molecular weight excluding hydrogens is 178 g/mol. The third-order valence-corrected chi connectivity index (χ3v) is 3.22. The molecule has 1 heterocycles.